The van der Waals surface area contributed by atoms with Gasteiger partial charge in [0.05, 0.1) is 19.7 Å². The van der Waals surface area contributed by atoms with Gasteiger partial charge in [-0.3, -0.25) is 14.4 Å². The molecule has 1 atom stereocenters. The number of nitrogens with zero attached hydrogens (tertiary/aromatic N) is 5. The lowest BCUT2D eigenvalue weighted by molar-refractivity contribution is -0.131. The molecule has 1 aromatic heterocycles. The van der Waals surface area contributed by atoms with Crippen LogP contribution in [0.25, 0.3) is 17.0 Å². The first-order valence-corrected chi connectivity index (χ1v) is 11.8. The van der Waals surface area contributed by atoms with Gasteiger partial charge in [0.25, 0.3) is 0 Å². The van der Waals surface area contributed by atoms with Gasteiger partial charge in [-0.15, -0.1) is 0 Å². The molecule has 0 bridgehead atoms. The second kappa shape index (κ2) is 9.76. The third-order valence-electron chi connectivity index (χ3n) is 5.86. The molecule has 1 fully saturated rings. The number of rotatable bonds is 7. The van der Waals surface area contributed by atoms with Crippen molar-refractivity contribution >= 4 is 23.2 Å². The van der Waals surface area contributed by atoms with Crippen molar-refractivity contribution in [1.82, 2.24) is 24.6 Å². The van der Waals surface area contributed by atoms with E-state index in [-0.39, 0.29) is 12.5 Å². The molecule has 2 aliphatic heterocycles. The van der Waals surface area contributed by atoms with E-state index < -0.39 is 0 Å². The summed E-state index contributed by atoms with van der Waals surface area (Å²) in [6, 6.07) is 8.25. The second-order valence-electron chi connectivity index (χ2n) is 7.83. The second-order valence-corrected chi connectivity index (χ2v) is 8.97. The third kappa shape index (κ3) is 4.94. The number of aromatic nitrogens is 3. The fourth-order valence-corrected chi connectivity index (χ4v) is 4.75. The third-order valence-corrected chi connectivity index (χ3v) is 6.91. The maximum absolute atomic E-state index is 12.7. The SMILES string of the molecule is CSC1CCN(CC(=O)N2CC=C(c3ccc(-c4ncn(CCO)n4)cc3)CC2)C1. The van der Waals surface area contributed by atoms with Crippen LogP contribution in [0.4, 0.5) is 0 Å². The molecule has 0 aliphatic carbocycles. The van der Waals surface area contributed by atoms with Crippen LogP contribution in [0.15, 0.2) is 36.7 Å². The van der Waals surface area contributed by atoms with Crippen LogP contribution < -0.4 is 0 Å². The van der Waals surface area contributed by atoms with Crippen molar-refractivity contribution in [3.05, 3.63) is 42.2 Å². The van der Waals surface area contributed by atoms with Crippen LogP contribution in [0.2, 0.25) is 0 Å². The number of carbonyl (C=O) groups is 1. The molecule has 1 saturated heterocycles. The fraction of sp³-hybridized carbons (Fsp3) is 0.500. The van der Waals surface area contributed by atoms with E-state index in [1.54, 1.807) is 11.0 Å². The van der Waals surface area contributed by atoms with Crippen LogP contribution >= 0.6 is 11.8 Å². The largest absolute Gasteiger partial charge is 0.394 e. The smallest absolute Gasteiger partial charge is 0.237 e. The molecule has 2 aliphatic rings. The number of likely N-dealkylation sites (tertiary alicyclic amines) is 1. The predicted molar refractivity (Wildman–Crippen MR) is 120 cm³/mol. The van der Waals surface area contributed by atoms with Gasteiger partial charge in [-0.1, -0.05) is 30.3 Å². The van der Waals surface area contributed by atoms with Gasteiger partial charge in [0.2, 0.25) is 5.91 Å². The van der Waals surface area contributed by atoms with Crippen molar-refractivity contribution < 1.29 is 9.90 Å². The molecule has 1 N–H and O–H groups in total. The van der Waals surface area contributed by atoms with Crippen molar-refractivity contribution in [2.24, 2.45) is 0 Å². The zero-order valence-electron chi connectivity index (χ0n) is 17.4. The summed E-state index contributed by atoms with van der Waals surface area (Å²) in [4.78, 5) is 21.2. The number of aliphatic hydroxyl groups excluding tert-OH is 1. The number of amides is 1. The molecule has 1 unspecified atom stereocenters. The van der Waals surface area contributed by atoms with Gasteiger partial charge in [0.1, 0.15) is 6.33 Å². The van der Waals surface area contributed by atoms with E-state index in [9.17, 15) is 4.79 Å². The first kappa shape index (κ1) is 21.1. The minimum Gasteiger partial charge on any atom is -0.394 e. The molecule has 1 aromatic carbocycles. The summed E-state index contributed by atoms with van der Waals surface area (Å²) < 4.78 is 1.64. The van der Waals surface area contributed by atoms with Gasteiger partial charge >= 0.3 is 0 Å². The summed E-state index contributed by atoms with van der Waals surface area (Å²) in [5.41, 5.74) is 3.42. The molecule has 0 spiro atoms. The minimum atomic E-state index is 0.0474. The Balaban J connectivity index is 1.33. The Labute approximate surface area is 181 Å². The Morgan fingerprint density at radius 2 is 2.03 bits per heavy atom. The van der Waals surface area contributed by atoms with Gasteiger partial charge in [-0.2, -0.15) is 16.9 Å². The Morgan fingerprint density at radius 3 is 2.70 bits per heavy atom. The monoisotopic (exact) mass is 427 g/mol. The lowest BCUT2D eigenvalue weighted by atomic mass is 9.98. The summed E-state index contributed by atoms with van der Waals surface area (Å²) in [5.74, 6) is 0.905. The van der Waals surface area contributed by atoms with Gasteiger partial charge < -0.3 is 10.0 Å². The van der Waals surface area contributed by atoms with E-state index in [0.717, 1.165) is 31.6 Å². The van der Waals surface area contributed by atoms with Gasteiger partial charge in [-0.05, 0) is 36.8 Å². The van der Waals surface area contributed by atoms with Crippen LogP contribution in [0, 0.1) is 0 Å². The highest BCUT2D eigenvalue weighted by molar-refractivity contribution is 7.99. The van der Waals surface area contributed by atoms with Gasteiger partial charge in [0.15, 0.2) is 5.82 Å². The van der Waals surface area contributed by atoms with Crippen molar-refractivity contribution in [1.29, 1.82) is 0 Å². The van der Waals surface area contributed by atoms with Crippen molar-refractivity contribution in [2.75, 3.05) is 45.6 Å². The van der Waals surface area contributed by atoms with E-state index in [2.05, 4.69) is 39.4 Å². The number of hydrogen-bond donors (Lipinski definition) is 1. The maximum atomic E-state index is 12.7. The Hall–Kier alpha value is -2.16. The average molecular weight is 428 g/mol. The van der Waals surface area contributed by atoms with E-state index >= 15 is 0 Å². The summed E-state index contributed by atoms with van der Waals surface area (Å²) in [7, 11) is 0. The topological polar surface area (TPSA) is 74.5 Å². The number of carbonyl (C=O) groups excluding carboxylic acids is 1. The van der Waals surface area contributed by atoms with Crippen LogP contribution in [0.1, 0.15) is 18.4 Å². The molecule has 7 nitrogen and oxygen atoms in total. The fourth-order valence-electron chi connectivity index (χ4n) is 4.05. The van der Waals surface area contributed by atoms with E-state index in [1.165, 1.54) is 17.6 Å². The molecule has 3 heterocycles. The molecular formula is C22H29N5O2S. The number of hydrogen-bond acceptors (Lipinski definition) is 6. The minimum absolute atomic E-state index is 0.0474. The Morgan fingerprint density at radius 1 is 1.23 bits per heavy atom. The summed E-state index contributed by atoms with van der Waals surface area (Å²) >= 11 is 1.90. The van der Waals surface area contributed by atoms with Gasteiger partial charge in [-0.25, -0.2) is 4.98 Å². The highest BCUT2D eigenvalue weighted by atomic mass is 32.2. The molecule has 0 saturated carbocycles. The van der Waals surface area contributed by atoms with Gasteiger partial charge in [0, 0.05) is 30.4 Å². The van der Waals surface area contributed by atoms with Crippen LogP contribution in [-0.4, -0.2) is 86.4 Å². The van der Waals surface area contributed by atoms with Crippen LogP contribution in [0.3, 0.4) is 0 Å². The molecule has 2 aromatic rings. The Kier molecular flexibility index (Phi) is 6.86. The quantitative estimate of drug-likeness (QED) is 0.729. The number of thioether (sulfide) groups is 1. The number of aliphatic hydroxyl groups is 1. The molecule has 0 radical (unpaired) electrons. The molecule has 4 rings (SSSR count). The zero-order chi connectivity index (χ0) is 20.9. The normalized spacial score (nSPS) is 19.9. The Bertz CT molecular complexity index is 895. The standard InChI is InChI=1S/C22H29N5O2S/c1-30-20-8-9-25(14-20)15-21(29)26-10-6-18(7-11-26)17-2-4-19(5-3-17)22-23-16-27(24-22)12-13-28/h2-6,16,20,28H,7-15H2,1H3. The van der Waals surface area contributed by atoms with Crippen molar-refractivity contribution in [2.45, 2.75) is 24.6 Å². The lowest BCUT2D eigenvalue weighted by Crippen LogP contribution is -2.41. The van der Waals surface area contributed by atoms with E-state index in [1.807, 2.05) is 28.8 Å². The van der Waals surface area contributed by atoms with E-state index in [0.29, 0.717) is 30.7 Å². The molecular weight excluding hydrogens is 398 g/mol. The summed E-state index contributed by atoms with van der Waals surface area (Å²) in [6.07, 6.45) is 8.03. The molecule has 1 amide bonds. The highest BCUT2D eigenvalue weighted by Gasteiger charge is 2.26. The van der Waals surface area contributed by atoms with Crippen molar-refractivity contribution in [3.8, 4) is 11.4 Å². The maximum Gasteiger partial charge on any atom is 0.237 e. The molecule has 30 heavy (non-hydrogen) atoms. The van der Waals surface area contributed by atoms with Crippen molar-refractivity contribution in [3.63, 3.8) is 0 Å². The first-order chi connectivity index (χ1) is 14.7. The zero-order valence-corrected chi connectivity index (χ0v) is 18.2. The molecule has 160 valence electrons. The van der Waals surface area contributed by atoms with E-state index in [4.69, 9.17) is 5.11 Å². The lowest BCUT2D eigenvalue weighted by Gasteiger charge is -2.28. The van der Waals surface area contributed by atoms with Crippen LogP contribution in [-0.2, 0) is 11.3 Å². The number of benzene rings is 1. The predicted octanol–water partition coefficient (Wildman–Crippen LogP) is 1.99. The summed E-state index contributed by atoms with van der Waals surface area (Å²) in [5, 5.41) is 14.1. The van der Waals surface area contributed by atoms with Crippen LogP contribution in [0.5, 0.6) is 0 Å². The average Bonchev–Trinajstić information content (AvgIpc) is 3.44. The first-order valence-electron chi connectivity index (χ1n) is 10.5. The summed E-state index contributed by atoms with van der Waals surface area (Å²) in [6.45, 7) is 4.56. The highest BCUT2D eigenvalue weighted by Crippen LogP contribution is 2.25. The molecule has 8 heteroatoms.